The maximum absolute atomic E-state index is 13.3. The van der Waals surface area contributed by atoms with E-state index in [9.17, 15) is 27.2 Å². The Labute approximate surface area is 226 Å². The van der Waals surface area contributed by atoms with Crippen LogP contribution in [0.2, 0.25) is 0 Å². The second-order valence-corrected chi connectivity index (χ2v) is 12.0. The number of hydrogen-bond acceptors (Lipinski definition) is 4. The first kappa shape index (κ1) is 31.5. The Bertz CT molecular complexity index is 716. The Balaban J connectivity index is 0.000000211. The maximum atomic E-state index is 13.3. The monoisotopic (exact) mass is 548 g/mol. The Morgan fingerprint density at radius 2 is 1.05 bits per heavy atom. The number of hydrogen-bond donors (Lipinski definition) is 0. The highest BCUT2D eigenvalue weighted by Gasteiger charge is 2.69. The van der Waals surface area contributed by atoms with Gasteiger partial charge in [-0.05, 0) is 76.0 Å². The molecule has 8 heteroatoms. The molecular formula is C30H48F4O4. The van der Waals surface area contributed by atoms with Gasteiger partial charge in [-0.1, -0.05) is 39.5 Å². The van der Waals surface area contributed by atoms with E-state index in [1.807, 2.05) is 0 Å². The summed E-state index contributed by atoms with van der Waals surface area (Å²) < 4.78 is 63.7. The number of Topliss-reactive ketones (excluding diaryl/α,β-unsaturated/α-hetero) is 2. The second-order valence-electron chi connectivity index (χ2n) is 12.0. The van der Waals surface area contributed by atoms with Gasteiger partial charge in [-0.3, -0.25) is 9.59 Å². The van der Waals surface area contributed by atoms with Crippen LogP contribution in [0.15, 0.2) is 0 Å². The summed E-state index contributed by atoms with van der Waals surface area (Å²) in [5.74, 6) is -9.14. The van der Waals surface area contributed by atoms with Gasteiger partial charge < -0.3 is 9.47 Å². The van der Waals surface area contributed by atoms with Crippen LogP contribution >= 0.6 is 0 Å². The number of unbranched alkanes of at least 4 members (excludes halogenated alkanes) is 2. The summed E-state index contributed by atoms with van der Waals surface area (Å²) in [5, 5.41) is 0. The molecule has 0 aliphatic heterocycles. The molecule has 0 spiro atoms. The van der Waals surface area contributed by atoms with Crippen LogP contribution in [-0.2, 0) is 19.1 Å². The van der Waals surface area contributed by atoms with Crippen LogP contribution in [0, 0.1) is 35.5 Å². The number of ether oxygens (including phenoxy) is 2. The third-order valence-corrected chi connectivity index (χ3v) is 10.1. The van der Waals surface area contributed by atoms with E-state index in [2.05, 4.69) is 13.8 Å². The fourth-order valence-corrected chi connectivity index (χ4v) is 7.57. The van der Waals surface area contributed by atoms with Crippen LogP contribution in [0.1, 0.15) is 104 Å². The maximum Gasteiger partial charge on any atom is 0.309 e. The second kappa shape index (κ2) is 13.6. The lowest BCUT2D eigenvalue weighted by Gasteiger charge is -2.40. The standard InChI is InChI=1S/2C15H24F2O2/c2*1-3-11(19-2)7-5-4-6-10-8-9-12-13(10)14(18)15(12,16)17/h2*10-13H,3-9H2,1-2H3. The molecule has 4 aliphatic rings. The smallest absolute Gasteiger partial charge is 0.309 e. The van der Waals surface area contributed by atoms with Gasteiger partial charge in [-0.15, -0.1) is 0 Å². The molecule has 220 valence electrons. The van der Waals surface area contributed by atoms with Gasteiger partial charge in [0, 0.05) is 37.9 Å². The highest BCUT2D eigenvalue weighted by molar-refractivity contribution is 5.96. The topological polar surface area (TPSA) is 52.6 Å². The summed E-state index contributed by atoms with van der Waals surface area (Å²) in [5.41, 5.74) is 0. The highest BCUT2D eigenvalue weighted by Crippen LogP contribution is 2.58. The predicted octanol–water partition coefficient (Wildman–Crippen LogP) is 7.66. The van der Waals surface area contributed by atoms with E-state index in [1.54, 1.807) is 14.2 Å². The zero-order valence-corrected chi connectivity index (χ0v) is 23.7. The Morgan fingerprint density at radius 1 is 0.684 bits per heavy atom. The van der Waals surface area contributed by atoms with Crippen LogP contribution in [-0.4, -0.2) is 49.8 Å². The number of rotatable bonds is 14. The quantitative estimate of drug-likeness (QED) is 0.165. The van der Waals surface area contributed by atoms with E-state index in [4.69, 9.17) is 9.47 Å². The van der Waals surface area contributed by atoms with Crippen molar-refractivity contribution in [3.8, 4) is 0 Å². The van der Waals surface area contributed by atoms with Gasteiger partial charge >= 0.3 is 11.8 Å². The van der Waals surface area contributed by atoms with Crippen molar-refractivity contribution in [2.75, 3.05) is 14.2 Å². The summed E-state index contributed by atoms with van der Waals surface area (Å²) in [7, 11) is 3.45. The third-order valence-electron chi connectivity index (χ3n) is 10.1. The van der Waals surface area contributed by atoms with Crippen molar-refractivity contribution in [2.45, 2.75) is 128 Å². The summed E-state index contributed by atoms with van der Waals surface area (Å²) >= 11 is 0. The number of halogens is 4. The van der Waals surface area contributed by atoms with Crippen molar-refractivity contribution >= 4 is 11.6 Å². The zero-order valence-electron chi connectivity index (χ0n) is 23.7. The Morgan fingerprint density at radius 3 is 1.37 bits per heavy atom. The molecule has 4 aliphatic carbocycles. The van der Waals surface area contributed by atoms with Crippen molar-refractivity contribution in [2.24, 2.45) is 35.5 Å². The molecule has 0 aromatic carbocycles. The number of carbonyl (C=O) groups is 2. The molecule has 0 amide bonds. The molecule has 4 rings (SSSR count). The number of carbonyl (C=O) groups excluding carboxylic acids is 2. The SMILES string of the molecule is CCC(CCCCC1CCC2C1C(=O)C2(F)F)OC.CCC(CCCCC1CCC2C1C(=O)C2(F)F)OC. The molecular weight excluding hydrogens is 500 g/mol. The first-order chi connectivity index (χ1) is 18.0. The fraction of sp³-hybridized carbons (Fsp3) is 0.933. The highest BCUT2D eigenvalue weighted by atomic mass is 19.3. The normalized spacial score (nSPS) is 33.9. The molecule has 0 heterocycles. The van der Waals surface area contributed by atoms with Gasteiger partial charge in [-0.25, -0.2) is 0 Å². The van der Waals surface area contributed by atoms with E-state index in [1.165, 1.54) is 0 Å². The molecule has 0 N–H and O–H groups in total. The molecule has 4 saturated carbocycles. The Hall–Kier alpha value is -1.02. The number of alkyl halides is 4. The minimum atomic E-state index is -3.01. The molecule has 0 aromatic rings. The van der Waals surface area contributed by atoms with E-state index in [-0.39, 0.29) is 23.7 Å². The van der Waals surface area contributed by atoms with E-state index < -0.39 is 35.2 Å². The molecule has 8 atom stereocenters. The number of ketones is 2. The summed E-state index contributed by atoms with van der Waals surface area (Å²) in [6.07, 6.45) is 13.4. The minimum absolute atomic E-state index is 0.208. The van der Waals surface area contributed by atoms with Crippen molar-refractivity contribution < 1.29 is 36.6 Å². The summed E-state index contributed by atoms with van der Waals surface area (Å²) in [6, 6.07) is 0. The minimum Gasteiger partial charge on any atom is -0.381 e. The zero-order chi connectivity index (χ0) is 28.1. The van der Waals surface area contributed by atoms with Gasteiger partial charge in [0.2, 0.25) is 11.6 Å². The van der Waals surface area contributed by atoms with E-state index >= 15 is 0 Å². The lowest BCUT2D eigenvalue weighted by molar-refractivity contribution is -0.187. The summed E-state index contributed by atoms with van der Waals surface area (Å²) in [6.45, 7) is 4.20. The molecule has 0 bridgehead atoms. The molecule has 0 saturated heterocycles. The van der Waals surface area contributed by atoms with E-state index in [0.29, 0.717) is 25.0 Å². The van der Waals surface area contributed by atoms with Crippen LogP contribution in [0.4, 0.5) is 17.6 Å². The van der Waals surface area contributed by atoms with E-state index in [0.717, 1.165) is 77.0 Å². The Kier molecular flexibility index (Phi) is 11.2. The lowest BCUT2D eigenvalue weighted by atomic mass is 9.67. The fourth-order valence-electron chi connectivity index (χ4n) is 7.57. The van der Waals surface area contributed by atoms with Gasteiger partial charge in [0.05, 0.1) is 12.2 Å². The van der Waals surface area contributed by atoms with Crippen molar-refractivity contribution in [3.05, 3.63) is 0 Å². The average molecular weight is 549 g/mol. The van der Waals surface area contributed by atoms with Crippen molar-refractivity contribution in [3.63, 3.8) is 0 Å². The van der Waals surface area contributed by atoms with Gasteiger partial charge in [0.15, 0.2) is 0 Å². The molecule has 4 fully saturated rings. The molecule has 8 unspecified atom stereocenters. The average Bonchev–Trinajstić information content (AvgIpc) is 3.51. The predicted molar refractivity (Wildman–Crippen MR) is 138 cm³/mol. The molecule has 4 nitrogen and oxygen atoms in total. The van der Waals surface area contributed by atoms with Gasteiger partial charge in [0.1, 0.15) is 0 Å². The van der Waals surface area contributed by atoms with Gasteiger partial charge in [-0.2, -0.15) is 17.6 Å². The first-order valence-corrected chi connectivity index (χ1v) is 14.9. The largest absolute Gasteiger partial charge is 0.381 e. The van der Waals surface area contributed by atoms with Crippen LogP contribution in [0.25, 0.3) is 0 Å². The molecule has 38 heavy (non-hydrogen) atoms. The first-order valence-electron chi connectivity index (χ1n) is 14.9. The van der Waals surface area contributed by atoms with Crippen LogP contribution in [0.5, 0.6) is 0 Å². The lowest BCUT2D eigenvalue weighted by Crippen LogP contribution is -2.57. The van der Waals surface area contributed by atoms with Crippen molar-refractivity contribution in [1.82, 2.24) is 0 Å². The van der Waals surface area contributed by atoms with Crippen LogP contribution < -0.4 is 0 Å². The molecule has 0 radical (unpaired) electrons. The number of fused-ring (bicyclic) bond motifs is 2. The molecule has 0 aromatic heterocycles. The van der Waals surface area contributed by atoms with Crippen LogP contribution in [0.3, 0.4) is 0 Å². The van der Waals surface area contributed by atoms with Gasteiger partial charge in [0.25, 0.3) is 0 Å². The third kappa shape index (κ3) is 6.47. The summed E-state index contributed by atoms with van der Waals surface area (Å²) in [4.78, 5) is 22.9. The van der Waals surface area contributed by atoms with Crippen molar-refractivity contribution in [1.29, 1.82) is 0 Å². The number of methoxy groups -OCH3 is 2.